The maximum Gasteiger partial charge on any atom is 0.322 e. The molecule has 1 aliphatic heterocycles. The van der Waals surface area contributed by atoms with Gasteiger partial charge in [0, 0.05) is 19.7 Å². The van der Waals surface area contributed by atoms with Crippen molar-refractivity contribution >= 4 is 11.6 Å². The number of nitrogens with one attached hydrogen (secondary N) is 1. The number of aliphatic hydroxyl groups is 1. The summed E-state index contributed by atoms with van der Waals surface area (Å²) in [6.45, 7) is 2.89. The van der Waals surface area contributed by atoms with Crippen LogP contribution in [0.15, 0.2) is 0 Å². The van der Waals surface area contributed by atoms with Crippen molar-refractivity contribution in [2.24, 2.45) is 5.92 Å². The number of aliphatic hydroxyl groups excluding tert-OH is 1. The summed E-state index contributed by atoms with van der Waals surface area (Å²) in [7, 11) is 0. The average Bonchev–Trinajstić information content (AvgIpc) is 2.91. The average molecular weight is 296 g/mol. The van der Waals surface area contributed by atoms with E-state index < -0.39 is 10.8 Å². The molecule has 1 aromatic heterocycles. The van der Waals surface area contributed by atoms with E-state index in [-0.39, 0.29) is 23.9 Å². The van der Waals surface area contributed by atoms with Crippen LogP contribution in [-0.2, 0) is 6.42 Å². The topological polar surface area (TPSA) is 112 Å². The molecule has 0 aromatic carbocycles. The Balaban J connectivity index is 2.24. The third-order valence-corrected chi connectivity index (χ3v) is 3.76. The molecule has 0 bridgehead atoms. The molecule has 1 unspecified atom stereocenters. The van der Waals surface area contributed by atoms with E-state index in [1.807, 2.05) is 6.92 Å². The molecule has 0 saturated carbocycles. The van der Waals surface area contributed by atoms with Gasteiger partial charge in [-0.25, -0.2) is 0 Å². The van der Waals surface area contributed by atoms with Crippen LogP contribution in [0.5, 0.6) is 0 Å². The van der Waals surface area contributed by atoms with Gasteiger partial charge in [-0.2, -0.15) is 5.10 Å². The molecule has 21 heavy (non-hydrogen) atoms. The van der Waals surface area contributed by atoms with Gasteiger partial charge in [-0.3, -0.25) is 20.0 Å². The van der Waals surface area contributed by atoms with Crippen molar-refractivity contribution in [3.8, 4) is 0 Å². The van der Waals surface area contributed by atoms with E-state index in [0.717, 1.165) is 19.3 Å². The molecule has 1 atom stereocenters. The lowest BCUT2D eigenvalue weighted by atomic mass is 9.98. The predicted octanol–water partition coefficient (Wildman–Crippen LogP) is 1.11. The first-order valence-electron chi connectivity index (χ1n) is 7.20. The Morgan fingerprint density at radius 2 is 2.38 bits per heavy atom. The molecule has 2 N–H and O–H groups in total. The molecule has 1 saturated heterocycles. The normalized spacial score (nSPS) is 18.8. The maximum absolute atomic E-state index is 12.5. The minimum atomic E-state index is -0.546. The highest BCUT2D eigenvalue weighted by Gasteiger charge is 2.33. The number of rotatable bonds is 5. The van der Waals surface area contributed by atoms with E-state index >= 15 is 0 Å². The quantitative estimate of drug-likeness (QED) is 0.624. The lowest BCUT2D eigenvalue weighted by Gasteiger charge is -2.31. The minimum Gasteiger partial charge on any atom is -0.396 e. The first kappa shape index (κ1) is 15.4. The fraction of sp³-hybridized carbons (Fsp3) is 0.692. The van der Waals surface area contributed by atoms with Crippen LogP contribution in [0.1, 0.15) is 42.4 Å². The van der Waals surface area contributed by atoms with Gasteiger partial charge in [0.05, 0.1) is 4.92 Å². The number of piperidine rings is 1. The molecular weight excluding hydrogens is 276 g/mol. The number of hydrogen-bond donors (Lipinski definition) is 2. The van der Waals surface area contributed by atoms with Gasteiger partial charge in [0.15, 0.2) is 0 Å². The molecule has 1 aliphatic rings. The first-order valence-corrected chi connectivity index (χ1v) is 7.20. The number of carbonyl (C=O) groups excluding carboxylic acids is 1. The summed E-state index contributed by atoms with van der Waals surface area (Å²) in [4.78, 5) is 24.7. The molecule has 8 heteroatoms. The van der Waals surface area contributed by atoms with Gasteiger partial charge in [0.1, 0.15) is 5.69 Å². The Morgan fingerprint density at radius 3 is 3.00 bits per heavy atom. The molecule has 0 spiro atoms. The SMILES string of the molecule is CCCc1[nH]nc(C(=O)N2CCCC(CO)C2)c1[N+](=O)[O-]. The van der Waals surface area contributed by atoms with E-state index in [2.05, 4.69) is 10.2 Å². The number of hydrogen-bond acceptors (Lipinski definition) is 5. The van der Waals surface area contributed by atoms with Crippen molar-refractivity contribution in [3.63, 3.8) is 0 Å². The summed E-state index contributed by atoms with van der Waals surface area (Å²) in [5.74, 6) is -0.394. The molecule has 2 rings (SSSR count). The van der Waals surface area contributed by atoms with Crippen molar-refractivity contribution in [2.45, 2.75) is 32.6 Å². The Hall–Kier alpha value is -1.96. The number of amides is 1. The zero-order valence-corrected chi connectivity index (χ0v) is 12.0. The molecular formula is C13H20N4O4. The number of carbonyl (C=O) groups is 1. The number of nitro groups is 1. The molecule has 0 aliphatic carbocycles. The molecule has 2 heterocycles. The highest BCUT2D eigenvalue weighted by molar-refractivity contribution is 5.96. The van der Waals surface area contributed by atoms with Gasteiger partial charge in [-0.1, -0.05) is 13.3 Å². The predicted molar refractivity (Wildman–Crippen MR) is 75.0 cm³/mol. The van der Waals surface area contributed by atoms with Crippen LogP contribution in [0.3, 0.4) is 0 Å². The minimum absolute atomic E-state index is 0.0214. The largest absolute Gasteiger partial charge is 0.396 e. The van der Waals surface area contributed by atoms with Gasteiger partial charge in [0.25, 0.3) is 5.91 Å². The second kappa shape index (κ2) is 6.66. The Bertz CT molecular complexity index is 528. The van der Waals surface area contributed by atoms with E-state index in [9.17, 15) is 20.0 Å². The van der Waals surface area contributed by atoms with Crippen molar-refractivity contribution in [2.75, 3.05) is 19.7 Å². The Morgan fingerprint density at radius 1 is 1.62 bits per heavy atom. The Kier molecular flexibility index (Phi) is 4.89. The van der Waals surface area contributed by atoms with Gasteiger partial charge in [-0.05, 0) is 25.2 Å². The maximum atomic E-state index is 12.5. The number of H-pyrrole nitrogens is 1. The fourth-order valence-electron chi connectivity index (χ4n) is 2.69. The number of likely N-dealkylation sites (tertiary alicyclic amines) is 1. The standard InChI is InChI=1S/C13H20N4O4/c1-2-4-10-12(17(20)21)11(15-14-10)13(19)16-6-3-5-9(7-16)8-18/h9,18H,2-8H2,1H3,(H,14,15). The molecule has 8 nitrogen and oxygen atoms in total. The summed E-state index contributed by atoms with van der Waals surface area (Å²) in [6, 6.07) is 0. The second-order valence-electron chi connectivity index (χ2n) is 5.35. The third kappa shape index (κ3) is 3.21. The molecule has 0 radical (unpaired) electrons. The van der Waals surface area contributed by atoms with Crippen LogP contribution < -0.4 is 0 Å². The van der Waals surface area contributed by atoms with E-state index in [0.29, 0.717) is 25.2 Å². The highest BCUT2D eigenvalue weighted by atomic mass is 16.6. The molecule has 116 valence electrons. The van der Waals surface area contributed by atoms with Crippen LogP contribution in [0.2, 0.25) is 0 Å². The summed E-state index contributed by atoms with van der Waals surface area (Å²) >= 11 is 0. The van der Waals surface area contributed by atoms with Crippen molar-refractivity contribution < 1.29 is 14.8 Å². The van der Waals surface area contributed by atoms with Gasteiger partial charge in [0.2, 0.25) is 5.69 Å². The molecule has 1 amide bonds. The van der Waals surface area contributed by atoms with E-state index in [4.69, 9.17) is 0 Å². The zero-order chi connectivity index (χ0) is 15.4. The summed E-state index contributed by atoms with van der Waals surface area (Å²) in [5, 5.41) is 26.9. The summed E-state index contributed by atoms with van der Waals surface area (Å²) < 4.78 is 0. The summed E-state index contributed by atoms with van der Waals surface area (Å²) in [6.07, 6.45) is 2.86. The van der Waals surface area contributed by atoms with Gasteiger partial charge < -0.3 is 10.0 Å². The smallest absolute Gasteiger partial charge is 0.322 e. The number of aromatic nitrogens is 2. The second-order valence-corrected chi connectivity index (χ2v) is 5.35. The van der Waals surface area contributed by atoms with E-state index in [1.165, 1.54) is 0 Å². The van der Waals surface area contributed by atoms with Crippen molar-refractivity contribution in [1.29, 1.82) is 0 Å². The van der Waals surface area contributed by atoms with Crippen LogP contribution in [0.25, 0.3) is 0 Å². The zero-order valence-electron chi connectivity index (χ0n) is 12.0. The van der Waals surface area contributed by atoms with Crippen LogP contribution >= 0.6 is 0 Å². The van der Waals surface area contributed by atoms with Crippen molar-refractivity contribution in [3.05, 3.63) is 21.5 Å². The number of nitrogens with zero attached hydrogens (tertiary/aromatic N) is 3. The monoisotopic (exact) mass is 296 g/mol. The molecule has 1 fully saturated rings. The Labute approximate surface area is 122 Å². The fourth-order valence-corrected chi connectivity index (χ4v) is 2.69. The lowest BCUT2D eigenvalue weighted by Crippen LogP contribution is -2.41. The third-order valence-electron chi connectivity index (χ3n) is 3.76. The first-order chi connectivity index (χ1) is 10.1. The number of aromatic amines is 1. The summed E-state index contributed by atoms with van der Waals surface area (Å²) in [5.41, 5.74) is 0.0524. The molecule has 1 aromatic rings. The van der Waals surface area contributed by atoms with Crippen LogP contribution in [0, 0.1) is 16.0 Å². The lowest BCUT2D eigenvalue weighted by molar-refractivity contribution is -0.385. The highest BCUT2D eigenvalue weighted by Crippen LogP contribution is 2.25. The van der Waals surface area contributed by atoms with Gasteiger partial charge in [-0.15, -0.1) is 0 Å². The van der Waals surface area contributed by atoms with Crippen LogP contribution in [-0.4, -0.2) is 50.7 Å². The van der Waals surface area contributed by atoms with E-state index in [1.54, 1.807) is 4.90 Å². The van der Waals surface area contributed by atoms with Crippen molar-refractivity contribution in [1.82, 2.24) is 15.1 Å². The van der Waals surface area contributed by atoms with Gasteiger partial charge >= 0.3 is 5.69 Å². The number of aryl methyl sites for hydroxylation is 1. The van der Waals surface area contributed by atoms with Crippen LogP contribution in [0.4, 0.5) is 5.69 Å².